The zero-order valence-corrected chi connectivity index (χ0v) is 14.0. The molecular weight excluding hydrogens is 328 g/mol. The number of rotatable bonds is 2. The molecule has 4 nitrogen and oxygen atoms in total. The minimum absolute atomic E-state index is 0. The standard InChI is InChI=1S/C15H18FN3O.2ClH/c1-9-5-11(6-10(2)14(9)16)15-18-3-4-19(15)12-7-17-8-13(12)20;;/h3-6,12-13,17,20H,7-8H2,1-2H3;2*1H/t12-,13+;;/m1../s1. The number of hydrogen-bond donors (Lipinski definition) is 2. The van der Waals surface area contributed by atoms with Gasteiger partial charge in [0.2, 0.25) is 0 Å². The number of benzene rings is 1. The Balaban J connectivity index is 0.00000121. The first-order chi connectivity index (χ1) is 9.58. The molecule has 2 aromatic rings. The second-order valence-electron chi connectivity index (χ2n) is 5.38. The van der Waals surface area contributed by atoms with Gasteiger partial charge in [0.25, 0.3) is 0 Å². The van der Waals surface area contributed by atoms with Crippen LogP contribution in [0, 0.1) is 19.7 Å². The van der Waals surface area contributed by atoms with Gasteiger partial charge in [-0.15, -0.1) is 24.8 Å². The number of aryl methyl sites for hydroxylation is 2. The number of aliphatic hydroxyl groups is 1. The molecule has 0 spiro atoms. The molecule has 2 N–H and O–H groups in total. The van der Waals surface area contributed by atoms with Gasteiger partial charge < -0.3 is 15.0 Å². The minimum atomic E-state index is -0.425. The van der Waals surface area contributed by atoms with Gasteiger partial charge in [0.1, 0.15) is 11.6 Å². The van der Waals surface area contributed by atoms with Crippen LogP contribution in [0.5, 0.6) is 0 Å². The molecule has 1 aromatic carbocycles. The van der Waals surface area contributed by atoms with Gasteiger partial charge in [0, 0.05) is 31.0 Å². The summed E-state index contributed by atoms with van der Waals surface area (Å²) in [4.78, 5) is 4.38. The molecule has 0 radical (unpaired) electrons. The van der Waals surface area contributed by atoms with E-state index in [0.717, 1.165) is 11.4 Å². The number of aromatic nitrogens is 2. The highest BCUT2D eigenvalue weighted by Crippen LogP contribution is 2.27. The van der Waals surface area contributed by atoms with Crippen molar-refractivity contribution in [2.75, 3.05) is 13.1 Å². The quantitative estimate of drug-likeness (QED) is 0.877. The zero-order chi connectivity index (χ0) is 14.3. The van der Waals surface area contributed by atoms with Crippen LogP contribution in [-0.2, 0) is 0 Å². The van der Waals surface area contributed by atoms with E-state index < -0.39 is 6.10 Å². The number of β-amino-alcohol motifs (C(OH)–C–C–N with tert-alkyl or cyclic N) is 1. The van der Waals surface area contributed by atoms with Crippen molar-refractivity contribution in [1.82, 2.24) is 14.9 Å². The lowest BCUT2D eigenvalue weighted by molar-refractivity contribution is 0.151. The third kappa shape index (κ3) is 3.27. The van der Waals surface area contributed by atoms with Crippen LogP contribution >= 0.6 is 24.8 Å². The second kappa shape index (κ2) is 7.42. The second-order valence-corrected chi connectivity index (χ2v) is 5.38. The Kier molecular flexibility index (Phi) is 6.38. The summed E-state index contributed by atoms with van der Waals surface area (Å²) < 4.78 is 15.7. The maximum absolute atomic E-state index is 13.7. The molecule has 1 fully saturated rings. The molecule has 0 saturated carbocycles. The Morgan fingerprint density at radius 3 is 2.41 bits per heavy atom. The van der Waals surface area contributed by atoms with Crippen LogP contribution in [0.3, 0.4) is 0 Å². The summed E-state index contributed by atoms with van der Waals surface area (Å²) in [5, 5.41) is 13.2. The van der Waals surface area contributed by atoms with Crippen LogP contribution in [0.15, 0.2) is 24.5 Å². The van der Waals surface area contributed by atoms with E-state index in [1.54, 1.807) is 32.2 Å². The molecule has 1 aliphatic rings. The normalized spacial score (nSPS) is 20.4. The lowest BCUT2D eigenvalue weighted by Gasteiger charge is -2.18. The van der Waals surface area contributed by atoms with Gasteiger partial charge in [-0.25, -0.2) is 9.37 Å². The van der Waals surface area contributed by atoms with E-state index in [1.165, 1.54) is 0 Å². The zero-order valence-electron chi connectivity index (χ0n) is 12.4. The highest BCUT2D eigenvalue weighted by molar-refractivity contribution is 5.85. The highest BCUT2D eigenvalue weighted by Gasteiger charge is 2.28. The summed E-state index contributed by atoms with van der Waals surface area (Å²) in [6, 6.07) is 3.57. The Morgan fingerprint density at radius 1 is 1.23 bits per heavy atom. The fourth-order valence-electron chi connectivity index (χ4n) is 2.81. The van der Waals surface area contributed by atoms with Crippen molar-refractivity contribution < 1.29 is 9.50 Å². The predicted molar refractivity (Wildman–Crippen MR) is 89.5 cm³/mol. The Morgan fingerprint density at radius 2 is 1.86 bits per heavy atom. The van der Waals surface area contributed by atoms with Gasteiger partial charge in [-0.1, -0.05) is 0 Å². The molecular formula is C15H20Cl2FN3O. The van der Waals surface area contributed by atoms with E-state index >= 15 is 0 Å². The van der Waals surface area contributed by atoms with Crippen molar-refractivity contribution in [2.45, 2.75) is 26.0 Å². The van der Waals surface area contributed by atoms with Gasteiger partial charge in [-0.2, -0.15) is 0 Å². The van der Waals surface area contributed by atoms with Crippen molar-refractivity contribution in [3.63, 3.8) is 0 Å². The molecule has 7 heteroatoms. The summed E-state index contributed by atoms with van der Waals surface area (Å²) >= 11 is 0. The average Bonchev–Trinajstić information content (AvgIpc) is 3.03. The largest absolute Gasteiger partial charge is 0.390 e. The van der Waals surface area contributed by atoms with Crippen LogP contribution in [0.25, 0.3) is 11.4 Å². The van der Waals surface area contributed by atoms with Crippen LogP contribution < -0.4 is 5.32 Å². The number of nitrogens with one attached hydrogen (secondary N) is 1. The molecule has 2 heterocycles. The molecule has 0 aliphatic carbocycles. The average molecular weight is 348 g/mol. The van der Waals surface area contributed by atoms with Crippen LogP contribution in [0.4, 0.5) is 4.39 Å². The number of imidazole rings is 1. The molecule has 0 unspecified atom stereocenters. The van der Waals surface area contributed by atoms with E-state index in [1.807, 2.05) is 10.8 Å². The van der Waals surface area contributed by atoms with Gasteiger partial charge >= 0.3 is 0 Å². The number of aliphatic hydroxyl groups excluding tert-OH is 1. The van der Waals surface area contributed by atoms with E-state index in [2.05, 4.69) is 10.3 Å². The Labute approximate surface area is 141 Å². The SMILES string of the molecule is Cc1cc(-c2nccn2[C@@H]2CNC[C@@H]2O)cc(C)c1F.Cl.Cl. The molecule has 0 bridgehead atoms. The molecule has 1 aliphatic heterocycles. The first-order valence-corrected chi connectivity index (χ1v) is 6.76. The third-order valence-electron chi connectivity index (χ3n) is 3.87. The fraction of sp³-hybridized carbons (Fsp3) is 0.400. The van der Waals surface area contributed by atoms with Crippen molar-refractivity contribution >= 4 is 24.8 Å². The number of halogens is 3. The molecule has 3 rings (SSSR count). The Bertz CT molecular complexity index is 624. The summed E-state index contributed by atoms with van der Waals surface area (Å²) in [7, 11) is 0. The van der Waals surface area contributed by atoms with Crippen molar-refractivity contribution in [3.05, 3.63) is 41.5 Å². The lowest BCUT2D eigenvalue weighted by Crippen LogP contribution is -2.22. The third-order valence-corrected chi connectivity index (χ3v) is 3.87. The van der Waals surface area contributed by atoms with E-state index in [9.17, 15) is 9.50 Å². The number of nitrogens with zero attached hydrogens (tertiary/aromatic N) is 2. The maximum atomic E-state index is 13.7. The summed E-state index contributed by atoms with van der Waals surface area (Å²) in [6.07, 6.45) is 3.16. The molecule has 1 saturated heterocycles. The van der Waals surface area contributed by atoms with Crippen molar-refractivity contribution in [3.8, 4) is 11.4 Å². The molecule has 2 atom stereocenters. The summed E-state index contributed by atoms with van der Waals surface area (Å²) in [5.74, 6) is 0.596. The van der Waals surface area contributed by atoms with Crippen LogP contribution in [0.2, 0.25) is 0 Å². The lowest BCUT2D eigenvalue weighted by atomic mass is 10.1. The topological polar surface area (TPSA) is 50.1 Å². The van der Waals surface area contributed by atoms with Crippen molar-refractivity contribution in [2.24, 2.45) is 0 Å². The van der Waals surface area contributed by atoms with E-state index in [0.29, 0.717) is 24.2 Å². The molecule has 122 valence electrons. The highest BCUT2D eigenvalue weighted by atomic mass is 35.5. The van der Waals surface area contributed by atoms with Crippen LogP contribution in [-0.4, -0.2) is 33.9 Å². The summed E-state index contributed by atoms with van der Waals surface area (Å²) in [6.45, 7) is 4.81. The molecule has 0 amide bonds. The molecule has 1 aromatic heterocycles. The smallest absolute Gasteiger partial charge is 0.140 e. The predicted octanol–water partition coefficient (Wildman–Crippen LogP) is 2.65. The van der Waals surface area contributed by atoms with Gasteiger partial charge in [0.05, 0.1) is 12.1 Å². The number of hydrogen-bond acceptors (Lipinski definition) is 3. The van der Waals surface area contributed by atoms with Gasteiger partial charge in [-0.05, 0) is 37.1 Å². The Hall–Kier alpha value is -1.14. The minimum Gasteiger partial charge on any atom is -0.390 e. The van der Waals surface area contributed by atoms with Crippen molar-refractivity contribution in [1.29, 1.82) is 0 Å². The monoisotopic (exact) mass is 347 g/mol. The summed E-state index contributed by atoms with van der Waals surface area (Å²) in [5.41, 5.74) is 2.10. The van der Waals surface area contributed by atoms with E-state index in [-0.39, 0.29) is 36.7 Å². The maximum Gasteiger partial charge on any atom is 0.140 e. The molecule has 22 heavy (non-hydrogen) atoms. The fourth-order valence-corrected chi connectivity index (χ4v) is 2.81. The van der Waals surface area contributed by atoms with Gasteiger partial charge in [-0.3, -0.25) is 0 Å². The first-order valence-electron chi connectivity index (χ1n) is 6.76. The van der Waals surface area contributed by atoms with Crippen LogP contribution in [0.1, 0.15) is 17.2 Å². The first kappa shape index (κ1) is 18.9. The van der Waals surface area contributed by atoms with Gasteiger partial charge in [0.15, 0.2) is 0 Å². The van der Waals surface area contributed by atoms with E-state index in [4.69, 9.17) is 0 Å².